The largest absolute Gasteiger partial charge is 0.392 e. The molecular formula is C14H20N4OS. The lowest BCUT2D eigenvalue weighted by molar-refractivity contribution is 0.0611. The van der Waals surface area contributed by atoms with E-state index >= 15 is 0 Å². The quantitative estimate of drug-likeness (QED) is 0.836. The van der Waals surface area contributed by atoms with Crippen LogP contribution in [0.1, 0.15) is 23.7 Å². The van der Waals surface area contributed by atoms with Crippen LogP contribution in [0, 0.1) is 0 Å². The highest BCUT2D eigenvalue weighted by Gasteiger charge is 2.26. The van der Waals surface area contributed by atoms with Gasteiger partial charge in [-0.1, -0.05) is 19.1 Å². The number of piperazine rings is 1. The number of hydrogen-bond acceptors (Lipinski definition) is 4. The molecule has 1 fully saturated rings. The van der Waals surface area contributed by atoms with Gasteiger partial charge in [-0.2, -0.15) is 0 Å². The third-order valence-electron chi connectivity index (χ3n) is 3.67. The molecule has 2 N–H and O–H groups in total. The fourth-order valence-corrected chi connectivity index (χ4v) is 2.86. The molecule has 1 saturated heterocycles. The van der Waals surface area contributed by atoms with Crippen molar-refractivity contribution < 1.29 is 4.79 Å². The number of nitrogens with zero attached hydrogens (tertiary/aromatic N) is 3. The topological polar surface area (TPSA) is 62.5 Å². The molecule has 1 aromatic heterocycles. The molecule has 0 aromatic carbocycles. The third-order valence-corrected chi connectivity index (χ3v) is 3.94. The predicted octanol–water partition coefficient (Wildman–Crippen LogP) is 0.904. The maximum absolute atomic E-state index is 12.3. The first kappa shape index (κ1) is 14.9. The van der Waals surface area contributed by atoms with Crippen LogP contribution in [0.15, 0.2) is 24.5 Å². The third kappa shape index (κ3) is 3.32. The first-order chi connectivity index (χ1) is 9.63. The number of aromatic nitrogens is 1. The Morgan fingerprint density at radius 2 is 2.15 bits per heavy atom. The summed E-state index contributed by atoms with van der Waals surface area (Å²) in [6.45, 7) is 5.10. The van der Waals surface area contributed by atoms with Gasteiger partial charge in [0.05, 0.1) is 16.6 Å². The molecule has 6 heteroatoms. The number of carbonyl (C=O) groups is 1. The summed E-state index contributed by atoms with van der Waals surface area (Å²) in [6.07, 6.45) is 4.19. The van der Waals surface area contributed by atoms with Crippen molar-refractivity contribution in [3.63, 3.8) is 0 Å². The maximum atomic E-state index is 12.3. The molecule has 1 atom stereocenters. The second-order valence-corrected chi connectivity index (χ2v) is 5.37. The second kappa shape index (κ2) is 6.76. The van der Waals surface area contributed by atoms with Crippen LogP contribution in [0.25, 0.3) is 0 Å². The number of pyridine rings is 1. The first-order valence-electron chi connectivity index (χ1n) is 6.86. The van der Waals surface area contributed by atoms with E-state index in [1.54, 1.807) is 24.5 Å². The Morgan fingerprint density at radius 1 is 1.45 bits per heavy atom. The molecule has 5 nitrogen and oxygen atoms in total. The highest BCUT2D eigenvalue weighted by molar-refractivity contribution is 7.80. The van der Waals surface area contributed by atoms with Gasteiger partial charge < -0.3 is 10.6 Å². The van der Waals surface area contributed by atoms with Gasteiger partial charge >= 0.3 is 0 Å². The molecular weight excluding hydrogens is 272 g/mol. The summed E-state index contributed by atoms with van der Waals surface area (Å²) in [5, 5.41) is 0. The summed E-state index contributed by atoms with van der Waals surface area (Å²) in [5.74, 6) is 0.0427. The van der Waals surface area contributed by atoms with E-state index in [-0.39, 0.29) is 11.9 Å². The number of rotatable bonds is 4. The lowest BCUT2D eigenvalue weighted by Gasteiger charge is -2.38. The lowest BCUT2D eigenvalue weighted by atomic mass is 10.1. The zero-order valence-electron chi connectivity index (χ0n) is 11.7. The zero-order valence-corrected chi connectivity index (χ0v) is 12.5. The summed E-state index contributed by atoms with van der Waals surface area (Å²) in [4.78, 5) is 20.9. The molecule has 2 heterocycles. The summed E-state index contributed by atoms with van der Waals surface area (Å²) in [7, 11) is 0. The van der Waals surface area contributed by atoms with E-state index in [9.17, 15) is 4.79 Å². The van der Waals surface area contributed by atoms with E-state index in [2.05, 4.69) is 16.8 Å². The molecule has 1 amide bonds. The molecule has 1 unspecified atom stereocenters. The maximum Gasteiger partial charge on any atom is 0.255 e. The van der Waals surface area contributed by atoms with Crippen LogP contribution in [-0.4, -0.2) is 57.9 Å². The Hall–Kier alpha value is -1.53. The summed E-state index contributed by atoms with van der Waals surface area (Å²) in [6, 6.07) is 3.72. The van der Waals surface area contributed by atoms with Gasteiger partial charge in [0.15, 0.2) is 0 Å². The molecule has 0 bridgehead atoms. The van der Waals surface area contributed by atoms with Crippen LogP contribution in [0.5, 0.6) is 0 Å². The van der Waals surface area contributed by atoms with Gasteiger partial charge in [-0.3, -0.25) is 14.7 Å². The van der Waals surface area contributed by atoms with Crippen molar-refractivity contribution in [1.82, 2.24) is 14.8 Å². The Kier molecular flexibility index (Phi) is 5.03. The molecule has 1 aromatic rings. The molecule has 2 rings (SSSR count). The van der Waals surface area contributed by atoms with Gasteiger partial charge in [0.2, 0.25) is 0 Å². The molecule has 20 heavy (non-hydrogen) atoms. The number of thiocarbonyl (C=S) groups is 1. The average Bonchev–Trinajstić information content (AvgIpc) is 2.48. The fraction of sp³-hybridized carbons (Fsp3) is 0.500. The van der Waals surface area contributed by atoms with Gasteiger partial charge in [-0.25, -0.2) is 0 Å². The molecule has 1 aliphatic heterocycles. The number of amides is 1. The number of nitrogens with two attached hydrogens (primary N) is 1. The van der Waals surface area contributed by atoms with Crippen LogP contribution in [0.4, 0.5) is 0 Å². The zero-order chi connectivity index (χ0) is 14.5. The minimum Gasteiger partial charge on any atom is -0.392 e. The lowest BCUT2D eigenvalue weighted by Crippen LogP contribution is -2.54. The minimum atomic E-state index is 0.0427. The van der Waals surface area contributed by atoms with Crippen molar-refractivity contribution in [2.75, 3.05) is 26.2 Å². The van der Waals surface area contributed by atoms with E-state index in [0.717, 1.165) is 19.5 Å². The summed E-state index contributed by atoms with van der Waals surface area (Å²) >= 11 is 5.10. The van der Waals surface area contributed by atoms with Crippen LogP contribution in [0.2, 0.25) is 0 Å². The first-order valence-corrected chi connectivity index (χ1v) is 7.27. The van der Waals surface area contributed by atoms with Gasteiger partial charge in [-0.05, 0) is 18.6 Å². The monoisotopic (exact) mass is 292 g/mol. The Morgan fingerprint density at radius 3 is 2.65 bits per heavy atom. The molecule has 0 aliphatic carbocycles. The highest BCUT2D eigenvalue weighted by atomic mass is 32.1. The van der Waals surface area contributed by atoms with Gasteiger partial charge in [0.1, 0.15) is 0 Å². The molecule has 0 radical (unpaired) electrons. The van der Waals surface area contributed by atoms with Crippen molar-refractivity contribution >= 4 is 23.1 Å². The van der Waals surface area contributed by atoms with E-state index in [1.165, 1.54) is 0 Å². The number of carbonyl (C=O) groups excluding carboxylic acids is 1. The van der Waals surface area contributed by atoms with Crippen molar-refractivity contribution in [3.8, 4) is 0 Å². The van der Waals surface area contributed by atoms with Crippen LogP contribution < -0.4 is 5.73 Å². The average molecular weight is 292 g/mol. The summed E-state index contributed by atoms with van der Waals surface area (Å²) in [5.41, 5.74) is 6.41. The minimum absolute atomic E-state index is 0.0427. The normalized spacial score (nSPS) is 17.8. The molecule has 0 saturated carbocycles. The Bertz CT molecular complexity index is 471. The van der Waals surface area contributed by atoms with Crippen molar-refractivity contribution in [2.45, 2.75) is 19.4 Å². The van der Waals surface area contributed by atoms with E-state index in [4.69, 9.17) is 18.0 Å². The van der Waals surface area contributed by atoms with E-state index in [0.29, 0.717) is 23.6 Å². The standard InChI is InChI=1S/C14H20N4OS/c1-2-12(13(15)20)17-6-8-18(9-7-17)14(19)11-4-3-5-16-10-11/h3-5,10,12H,2,6-9H2,1H3,(H2,15,20). The van der Waals surface area contributed by atoms with E-state index < -0.39 is 0 Å². The van der Waals surface area contributed by atoms with Gasteiger partial charge in [0, 0.05) is 38.6 Å². The molecule has 108 valence electrons. The Labute approximate surface area is 124 Å². The van der Waals surface area contributed by atoms with Crippen LogP contribution in [0.3, 0.4) is 0 Å². The van der Waals surface area contributed by atoms with Crippen molar-refractivity contribution in [1.29, 1.82) is 0 Å². The second-order valence-electron chi connectivity index (χ2n) is 4.90. The van der Waals surface area contributed by atoms with Crippen LogP contribution in [-0.2, 0) is 0 Å². The number of hydrogen-bond donors (Lipinski definition) is 1. The molecule has 0 spiro atoms. The van der Waals surface area contributed by atoms with Crippen LogP contribution >= 0.6 is 12.2 Å². The van der Waals surface area contributed by atoms with Crippen molar-refractivity contribution in [3.05, 3.63) is 30.1 Å². The summed E-state index contributed by atoms with van der Waals surface area (Å²) < 4.78 is 0. The predicted molar refractivity (Wildman–Crippen MR) is 82.6 cm³/mol. The smallest absolute Gasteiger partial charge is 0.255 e. The SMILES string of the molecule is CCC(C(N)=S)N1CCN(C(=O)c2cccnc2)CC1. The van der Waals surface area contributed by atoms with Gasteiger partial charge in [-0.15, -0.1) is 0 Å². The van der Waals surface area contributed by atoms with Crippen molar-refractivity contribution in [2.24, 2.45) is 5.73 Å². The molecule has 1 aliphatic rings. The fourth-order valence-electron chi connectivity index (χ4n) is 2.55. The highest BCUT2D eigenvalue weighted by Crippen LogP contribution is 2.12. The van der Waals surface area contributed by atoms with Gasteiger partial charge in [0.25, 0.3) is 5.91 Å². The Balaban J connectivity index is 1.94. The van der Waals surface area contributed by atoms with E-state index in [1.807, 2.05) is 4.90 Å².